The molecule has 0 aliphatic carbocycles. The number of carbonyl (C=O) groups excluding carboxylic acids is 1. The van der Waals surface area contributed by atoms with Gasteiger partial charge >= 0.3 is 5.97 Å². The first-order chi connectivity index (χ1) is 19.3. The Labute approximate surface area is 232 Å². The van der Waals surface area contributed by atoms with Gasteiger partial charge in [0, 0.05) is 22.6 Å². The third-order valence-electron chi connectivity index (χ3n) is 7.79. The number of unbranched alkanes of at least 4 members (excludes halogenated alkanes) is 3. The maximum absolute atomic E-state index is 13.0. The van der Waals surface area contributed by atoms with Crippen LogP contribution in [-0.4, -0.2) is 30.8 Å². The minimum atomic E-state index is -1.79. The van der Waals surface area contributed by atoms with Gasteiger partial charge in [-0.15, -0.1) is 0 Å². The average molecular weight is 543 g/mol. The molecule has 2 aromatic carbocycles. The molecule has 0 spiro atoms. The van der Waals surface area contributed by atoms with Crippen molar-refractivity contribution in [3.63, 3.8) is 0 Å². The van der Waals surface area contributed by atoms with Gasteiger partial charge in [-0.2, -0.15) is 0 Å². The van der Waals surface area contributed by atoms with E-state index in [1.165, 1.54) is 25.3 Å². The quantitative estimate of drug-likeness (QED) is 0.197. The third-order valence-corrected chi connectivity index (χ3v) is 7.79. The van der Waals surface area contributed by atoms with Crippen molar-refractivity contribution in [2.75, 3.05) is 0 Å². The van der Waals surface area contributed by atoms with Crippen molar-refractivity contribution in [2.24, 2.45) is 0 Å². The summed E-state index contributed by atoms with van der Waals surface area (Å²) < 4.78 is 6.72. The fourth-order valence-corrected chi connectivity index (χ4v) is 5.43. The molecule has 0 saturated heterocycles. The number of cyclic esters (lactones) is 1. The van der Waals surface area contributed by atoms with Crippen molar-refractivity contribution in [2.45, 2.75) is 71.1 Å². The van der Waals surface area contributed by atoms with Gasteiger partial charge < -0.3 is 24.6 Å². The number of pyridine rings is 2. The van der Waals surface area contributed by atoms with Crippen LogP contribution in [0.3, 0.4) is 0 Å². The summed E-state index contributed by atoms with van der Waals surface area (Å²) in [5.41, 5.74) is 2.74. The van der Waals surface area contributed by atoms with E-state index in [2.05, 4.69) is 6.92 Å². The lowest BCUT2D eigenvalue weighted by Crippen LogP contribution is -2.44. The van der Waals surface area contributed by atoms with E-state index in [4.69, 9.17) is 14.8 Å². The molecule has 208 valence electrons. The van der Waals surface area contributed by atoms with Crippen molar-refractivity contribution in [3.05, 3.63) is 87.2 Å². The SMILES string of the molecule is CCC1(O)C(=O)OCc2c1cc1n(c2=O)Cc2cc3ccccc3nc2-1.CCCCCCc1ccc(O)cc1O. The van der Waals surface area contributed by atoms with Gasteiger partial charge in [0.05, 0.1) is 29.0 Å². The zero-order valence-electron chi connectivity index (χ0n) is 22.8. The predicted octanol–water partition coefficient (Wildman–Crippen LogP) is 5.30. The highest BCUT2D eigenvalue weighted by molar-refractivity contribution is 5.86. The summed E-state index contributed by atoms with van der Waals surface area (Å²) in [6, 6.07) is 16.4. The molecule has 0 fully saturated rings. The number of carbonyl (C=O) groups is 1. The maximum atomic E-state index is 13.0. The van der Waals surface area contributed by atoms with Gasteiger partial charge in [0.25, 0.3) is 5.56 Å². The molecule has 4 heterocycles. The Morgan fingerprint density at radius 3 is 2.55 bits per heavy atom. The van der Waals surface area contributed by atoms with Gasteiger partial charge in [-0.05, 0) is 49.1 Å². The number of aryl methyl sites for hydroxylation is 1. The highest BCUT2D eigenvalue weighted by Crippen LogP contribution is 2.38. The number of aromatic nitrogens is 2. The first-order valence-electron chi connectivity index (χ1n) is 13.8. The van der Waals surface area contributed by atoms with Crippen LogP contribution in [0.2, 0.25) is 0 Å². The molecule has 0 bridgehead atoms. The first-order valence-corrected chi connectivity index (χ1v) is 13.8. The standard InChI is InChI=1S/C20H16N2O4.C12H18O2/c1-2-20(25)14-8-16-17-12(7-11-5-3-4-6-15(11)21-17)9-22(16)18(23)13(14)10-26-19(20)24;1-2-3-4-5-6-10-7-8-11(13)9-12(10)14/h3-8,25H,2,9-10H2,1H3;7-9,13-14H,2-6H2,1H3. The van der Waals surface area contributed by atoms with Crippen LogP contribution < -0.4 is 5.56 Å². The molecule has 0 amide bonds. The van der Waals surface area contributed by atoms with E-state index in [-0.39, 0.29) is 30.1 Å². The van der Waals surface area contributed by atoms with Gasteiger partial charge in [0.2, 0.25) is 0 Å². The third kappa shape index (κ3) is 4.95. The van der Waals surface area contributed by atoms with Crippen molar-refractivity contribution in [3.8, 4) is 22.9 Å². The molecule has 2 aliphatic heterocycles. The number of nitrogens with zero attached hydrogens (tertiary/aromatic N) is 2. The molecule has 6 rings (SSSR count). The van der Waals surface area contributed by atoms with Crippen LogP contribution in [0.15, 0.2) is 59.4 Å². The molecule has 8 nitrogen and oxygen atoms in total. The Morgan fingerprint density at radius 1 is 1.00 bits per heavy atom. The lowest BCUT2D eigenvalue weighted by atomic mass is 9.86. The lowest BCUT2D eigenvalue weighted by molar-refractivity contribution is -0.172. The second kappa shape index (κ2) is 11.1. The topological polar surface area (TPSA) is 122 Å². The number of hydrogen-bond acceptors (Lipinski definition) is 7. The number of rotatable bonds is 6. The molecule has 1 atom stereocenters. The number of ether oxygens (including phenoxy) is 1. The number of aliphatic hydroxyl groups is 1. The molecule has 3 N–H and O–H groups in total. The zero-order valence-corrected chi connectivity index (χ0v) is 22.8. The molecule has 2 aliphatic rings. The van der Waals surface area contributed by atoms with Crippen molar-refractivity contribution < 1.29 is 24.9 Å². The molecule has 2 aromatic heterocycles. The lowest BCUT2D eigenvalue weighted by Gasteiger charge is -2.31. The molecule has 0 radical (unpaired) electrons. The summed E-state index contributed by atoms with van der Waals surface area (Å²) in [6.07, 6.45) is 5.81. The van der Waals surface area contributed by atoms with Crippen LogP contribution in [-0.2, 0) is 34.7 Å². The molecule has 4 aromatic rings. The summed E-state index contributed by atoms with van der Waals surface area (Å²) in [4.78, 5) is 29.9. The van der Waals surface area contributed by atoms with Crippen LogP contribution in [0.4, 0.5) is 0 Å². The van der Waals surface area contributed by atoms with Crippen molar-refractivity contribution in [1.29, 1.82) is 0 Å². The normalized spacial score (nSPS) is 16.9. The van der Waals surface area contributed by atoms with E-state index in [0.29, 0.717) is 23.4 Å². The average Bonchev–Trinajstić information content (AvgIpc) is 3.31. The molecule has 8 heteroatoms. The summed E-state index contributed by atoms with van der Waals surface area (Å²) in [6.45, 7) is 4.19. The fraction of sp³-hybridized carbons (Fsp3) is 0.344. The van der Waals surface area contributed by atoms with E-state index in [1.807, 2.05) is 30.3 Å². The maximum Gasteiger partial charge on any atom is 0.343 e. The predicted molar refractivity (Wildman–Crippen MR) is 152 cm³/mol. The smallest absolute Gasteiger partial charge is 0.343 e. The van der Waals surface area contributed by atoms with Gasteiger partial charge in [-0.25, -0.2) is 9.78 Å². The molecular weight excluding hydrogens is 508 g/mol. The minimum Gasteiger partial charge on any atom is -0.508 e. The first kappa shape index (κ1) is 27.4. The number of aromatic hydroxyl groups is 2. The monoisotopic (exact) mass is 542 g/mol. The van der Waals surface area contributed by atoms with Gasteiger partial charge in [-0.3, -0.25) is 4.79 Å². The number of benzene rings is 2. The number of phenolic OH excluding ortho intramolecular Hbond substituents is 2. The Bertz CT molecular complexity index is 1640. The number of hydrogen-bond donors (Lipinski definition) is 3. The van der Waals surface area contributed by atoms with Gasteiger partial charge in [0.1, 0.15) is 18.1 Å². The fourth-order valence-electron chi connectivity index (χ4n) is 5.43. The zero-order chi connectivity index (χ0) is 28.4. The van der Waals surface area contributed by atoms with E-state index >= 15 is 0 Å². The van der Waals surface area contributed by atoms with E-state index in [9.17, 15) is 19.8 Å². The number of fused-ring (bicyclic) bond motifs is 5. The molecule has 40 heavy (non-hydrogen) atoms. The second-order valence-electron chi connectivity index (χ2n) is 10.4. The van der Waals surface area contributed by atoms with Crippen molar-refractivity contribution in [1.82, 2.24) is 9.55 Å². The number of esters is 1. The summed E-state index contributed by atoms with van der Waals surface area (Å²) in [7, 11) is 0. The number of para-hydroxylation sites is 1. The van der Waals surface area contributed by atoms with E-state index in [0.717, 1.165) is 40.6 Å². The largest absolute Gasteiger partial charge is 0.508 e. The van der Waals surface area contributed by atoms with Crippen LogP contribution in [0.5, 0.6) is 11.5 Å². The Kier molecular flexibility index (Phi) is 7.63. The van der Waals surface area contributed by atoms with E-state index < -0.39 is 11.6 Å². The second-order valence-corrected chi connectivity index (χ2v) is 10.4. The molecular formula is C32H34N2O6. The minimum absolute atomic E-state index is 0.110. The van der Waals surface area contributed by atoms with Crippen LogP contribution in [0, 0.1) is 0 Å². The summed E-state index contributed by atoms with van der Waals surface area (Å²) in [5.74, 6) is -0.372. The van der Waals surface area contributed by atoms with Crippen LogP contribution in [0.25, 0.3) is 22.3 Å². The van der Waals surface area contributed by atoms with Crippen molar-refractivity contribution >= 4 is 16.9 Å². The summed E-state index contributed by atoms with van der Waals surface area (Å²) >= 11 is 0. The number of phenols is 2. The molecule has 0 saturated carbocycles. The Balaban J connectivity index is 0.000000197. The highest BCUT2D eigenvalue weighted by atomic mass is 16.6. The van der Waals surface area contributed by atoms with E-state index in [1.54, 1.807) is 29.7 Å². The van der Waals surface area contributed by atoms with Gasteiger partial charge in [0.15, 0.2) is 5.60 Å². The van der Waals surface area contributed by atoms with Gasteiger partial charge in [-0.1, -0.05) is 57.4 Å². The molecule has 1 unspecified atom stereocenters. The highest BCUT2D eigenvalue weighted by Gasteiger charge is 2.45. The Morgan fingerprint density at radius 2 is 1.80 bits per heavy atom. The Hall–Kier alpha value is -4.17. The van der Waals surface area contributed by atoms with Crippen LogP contribution in [0.1, 0.15) is 68.2 Å². The summed E-state index contributed by atoms with van der Waals surface area (Å²) in [5, 5.41) is 30.4. The van der Waals surface area contributed by atoms with Crippen LogP contribution >= 0.6 is 0 Å².